The molecule has 0 aromatic heterocycles. The van der Waals surface area contributed by atoms with Gasteiger partial charge in [-0.2, -0.15) is 0 Å². The lowest BCUT2D eigenvalue weighted by Crippen LogP contribution is -2.63. The molecule has 2 bridgehead atoms. The van der Waals surface area contributed by atoms with Gasteiger partial charge in [-0.05, 0) is 12.1 Å². The number of nitrogens with one attached hydrogen (secondary N) is 2. The average molecular weight is 461 g/mol. The second-order valence-corrected chi connectivity index (χ2v) is 7.20. The summed E-state index contributed by atoms with van der Waals surface area (Å²) in [7, 11) is 1.84. The predicted octanol–water partition coefficient (Wildman–Crippen LogP) is 1.56. The van der Waals surface area contributed by atoms with Gasteiger partial charge in [-0.25, -0.2) is 0 Å². The molecule has 0 saturated carbocycles. The van der Waals surface area contributed by atoms with Gasteiger partial charge in [-0.15, -0.1) is 35.7 Å². The Kier molecular flexibility index (Phi) is 8.65. The molecular weight excluding hydrogens is 433 g/mol. The molecule has 3 aliphatic heterocycles. The Hall–Kier alpha value is -0.510. The van der Waals surface area contributed by atoms with Crippen LogP contribution in [0, 0.1) is 0 Å². The first-order chi connectivity index (χ1) is 11.3. The highest BCUT2D eigenvalue weighted by atomic mass is 127. The zero-order chi connectivity index (χ0) is 15.9. The van der Waals surface area contributed by atoms with E-state index in [0.29, 0.717) is 6.04 Å². The Morgan fingerprint density at radius 1 is 1.17 bits per heavy atom. The van der Waals surface area contributed by atoms with Crippen molar-refractivity contribution in [2.75, 3.05) is 58.6 Å². The Balaban J connectivity index is 0.00000208. The third-order valence-electron chi connectivity index (χ3n) is 4.53. The number of fused-ring (bicyclic) bond motifs is 3. The highest BCUT2D eigenvalue weighted by Gasteiger charge is 2.31. The molecule has 3 saturated heterocycles. The zero-order valence-corrected chi connectivity index (χ0v) is 17.4. The molecule has 0 spiro atoms. The van der Waals surface area contributed by atoms with Gasteiger partial charge in [0.15, 0.2) is 5.96 Å². The van der Waals surface area contributed by atoms with Crippen molar-refractivity contribution in [2.24, 2.45) is 4.99 Å². The van der Waals surface area contributed by atoms with Crippen LogP contribution in [-0.4, -0.2) is 80.4 Å². The number of hydrogen-bond acceptors (Lipinski definition) is 4. The summed E-state index contributed by atoms with van der Waals surface area (Å²) in [5, 5.41) is 6.89. The van der Waals surface area contributed by atoms with Crippen LogP contribution in [0.25, 0.3) is 0 Å². The number of guanidine groups is 1. The average Bonchev–Trinajstić information content (AvgIpc) is 2.63. The van der Waals surface area contributed by atoms with E-state index in [-0.39, 0.29) is 24.0 Å². The second kappa shape index (κ2) is 10.5. The van der Waals surface area contributed by atoms with Gasteiger partial charge in [0, 0.05) is 69.6 Å². The molecule has 7 heteroatoms. The van der Waals surface area contributed by atoms with Crippen LogP contribution in [0.15, 0.2) is 40.2 Å². The highest BCUT2D eigenvalue weighted by Crippen LogP contribution is 2.16. The summed E-state index contributed by atoms with van der Waals surface area (Å²) in [5.41, 5.74) is 0. The van der Waals surface area contributed by atoms with Gasteiger partial charge in [-0.1, -0.05) is 18.2 Å². The van der Waals surface area contributed by atoms with Crippen LogP contribution in [0.3, 0.4) is 0 Å². The monoisotopic (exact) mass is 461 g/mol. The van der Waals surface area contributed by atoms with Crippen LogP contribution in [0.2, 0.25) is 0 Å². The molecule has 3 heterocycles. The molecule has 5 nitrogen and oxygen atoms in total. The summed E-state index contributed by atoms with van der Waals surface area (Å²) < 4.78 is 0. The molecule has 1 unspecified atom stereocenters. The third-order valence-corrected chi connectivity index (χ3v) is 5.54. The van der Waals surface area contributed by atoms with Crippen LogP contribution in [-0.2, 0) is 0 Å². The maximum Gasteiger partial charge on any atom is 0.191 e. The van der Waals surface area contributed by atoms with Gasteiger partial charge in [0.2, 0.25) is 0 Å². The molecule has 4 rings (SSSR count). The maximum atomic E-state index is 4.33. The van der Waals surface area contributed by atoms with Gasteiger partial charge in [0.25, 0.3) is 0 Å². The van der Waals surface area contributed by atoms with Crippen molar-refractivity contribution in [1.29, 1.82) is 0 Å². The van der Waals surface area contributed by atoms with E-state index in [4.69, 9.17) is 0 Å². The first-order valence-corrected chi connectivity index (χ1v) is 9.42. The minimum atomic E-state index is 0. The molecular formula is C17H28IN5S. The number of thioether (sulfide) groups is 1. The van der Waals surface area contributed by atoms with Crippen LogP contribution in [0.4, 0.5) is 0 Å². The standard InChI is InChI=1S/C17H27N5S.HI/c1-18-17(19-7-12-23-16-5-3-2-4-6-16)20-13-15-14-21-8-10-22(15)11-9-21;/h2-6,15H,7-14H2,1H3,(H2,18,19,20);1H. The van der Waals surface area contributed by atoms with Crippen molar-refractivity contribution < 1.29 is 0 Å². The molecule has 0 aliphatic carbocycles. The lowest BCUT2D eigenvalue weighted by atomic mass is 10.1. The smallest absolute Gasteiger partial charge is 0.191 e. The molecule has 2 N–H and O–H groups in total. The second-order valence-electron chi connectivity index (χ2n) is 6.03. The van der Waals surface area contributed by atoms with E-state index in [1.165, 1.54) is 37.6 Å². The number of aliphatic imine (C=N–C) groups is 1. The summed E-state index contributed by atoms with van der Waals surface area (Å²) >= 11 is 1.87. The molecule has 3 aliphatic rings. The number of nitrogens with zero attached hydrogens (tertiary/aromatic N) is 3. The van der Waals surface area contributed by atoms with Crippen LogP contribution >= 0.6 is 35.7 Å². The largest absolute Gasteiger partial charge is 0.356 e. The highest BCUT2D eigenvalue weighted by molar-refractivity contribution is 14.0. The van der Waals surface area contributed by atoms with E-state index in [1.807, 2.05) is 18.8 Å². The number of benzene rings is 1. The van der Waals surface area contributed by atoms with E-state index in [2.05, 4.69) is 55.8 Å². The minimum absolute atomic E-state index is 0. The minimum Gasteiger partial charge on any atom is -0.356 e. The van der Waals surface area contributed by atoms with Crippen molar-refractivity contribution in [3.05, 3.63) is 30.3 Å². The topological polar surface area (TPSA) is 42.9 Å². The predicted molar refractivity (Wildman–Crippen MR) is 114 cm³/mol. The Bertz CT molecular complexity index is 505. The summed E-state index contributed by atoms with van der Waals surface area (Å²) in [5.74, 6) is 1.95. The van der Waals surface area contributed by atoms with E-state index in [0.717, 1.165) is 24.8 Å². The summed E-state index contributed by atoms with van der Waals surface area (Å²) in [4.78, 5) is 10.8. The fraction of sp³-hybridized carbons (Fsp3) is 0.588. The normalized spacial score (nSPS) is 25.9. The zero-order valence-electron chi connectivity index (χ0n) is 14.3. The lowest BCUT2D eigenvalue weighted by molar-refractivity contribution is 0.0154. The van der Waals surface area contributed by atoms with Crippen molar-refractivity contribution in [3.63, 3.8) is 0 Å². The third kappa shape index (κ3) is 5.79. The SMILES string of the molecule is CN=C(NCCSc1ccccc1)NCC1CN2CCN1CC2.I. The number of hydrogen-bond donors (Lipinski definition) is 2. The van der Waals surface area contributed by atoms with E-state index in [9.17, 15) is 0 Å². The molecule has 3 fully saturated rings. The molecule has 0 amide bonds. The quantitative estimate of drug-likeness (QED) is 0.221. The Morgan fingerprint density at radius 2 is 1.92 bits per heavy atom. The molecule has 1 aromatic carbocycles. The summed E-state index contributed by atoms with van der Waals surface area (Å²) in [6, 6.07) is 11.1. The van der Waals surface area contributed by atoms with Gasteiger partial charge in [0.1, 0.15) is 0 Å². The van der Waals surface area contributed by atoms with Crippen molar-refractivity contribution in [1.82, 2.24) is 20.4 Å². The van der Waals surface area contributed by atoms with E-state index in [1.54, 1.807) is 0 Å². The van der Waals surface area contributed by atoms with Crippen molar-refractivity contribution in [2.45, 2.75) is 10.9 Å². The van der Waals surface area contributed by atoms with Crippen molar-refractivity contribution in [3.8, 4) is 0 Å². The molecule has 24 heavy (non-hydrogen) atoms. The molecule has 1 atom stereocenters. The van der Waals surface area contributed by atoms with Gasteiger partial charge < -0.3 is 10.6 Å². The van der Waals surface area contributed by atoms with Gasteiger partial charge in [-0.3, -0.25) is 14.8 Å². The molecule has 134 valence electrons. The first kappa shape index (κ1) is 19.8. The first-order valence-electron chi connectivity index (χ1n) is 8.44. The van der Waals surface area contributed by atoms with Crippen LogP contribution in [0.1, 0.15) is 0 Å². The molecule has 1 aromatic rings. The Morgan fingerprint density at radius 3 is 2.54 bits per heavy atom. The van der Waals surface area contributed by atoms with Crippen molar-refractivity contribution >= 4 is 41.7 Å². The fourth-order valence-corrected chi connectivity index (χ4v) is 4.00. The van der Waals surface area contributed by atoms with Crippen LogP contribution < -0.4 is 10.6 Å². The number of halogens is 1. The van der Waals surface area contributed by atoms with Gasteiger partial charge in [0.05, 0.1) is 0 Å². The fourth-order valence-electron chi connectivity index (χ4n) is 3.21. The molecule has 0 radical (unpaired) electrons. The number of piperazine rings is 3. The van der Waals surface area contributed by atoms with E-state index < -0.39 is 0 Å². The number of rotatable bonds is 6. The lowest BCUT2D eigenvalue weighted by Gasteiger charge is -2.47. The Labute approximate surface area is 166 Å². The van der Waals surface area contributed by atoms with Crippen LogP contribution in [0.5, 0.6) is 0 Å². The summed E-state index contributed by atoms with van der Waals surface area (Å²) in [6.07, 6.45) is 0. The van der Waals surface area contributed by atoms with E-state index >= 15 is 0 Å². The van der Waals surface area contributed by atoms with Gasteiger partial charge >= 0.3 is 0 Å². The summed E-state index contributed by atoms with van der Waals surface area (Å²) in [6.45, 7) is 7.98. The maximum absolute atomic E-state index is 4.33.